The molecule has 2 aliphatic rings. The third-order valence-electron chi connectivity index (χ3n) is 9.00. The van der Waals surface area contributed by atoms with Crippen molar-refractivity contribution in [3.63, 3.8) is 0 Å². The molecule has 230 valence electrons. The number of hydrogen-bond donors (Lipinski definition) is 1. The number of amides is 1. The highest BCUT2D eigenvalue weighted by molar-refractivity contribution is 7.90. The number of carbonyl (C=O) groups excluding carboxylic acids is 1. The second kappa shape index (κ2) is 10.9. The Morgan fingerprint density at radius 1 is 0.956 bits per heavy atom. The molecule has 0 unspecified atom stereocenters. The number of rotatable bonds is 5. The molecular weight excluding hydrogens is 586 g/mol. The van der Waals surface area contributed by atoms with E-state index in [4.69, 9.17) is 9.97 Å². The van der Waals surface area contributed by atoms with Crippen molar-refractivity contribution < 1.29 is 18.3 Å². The van der Waals surface area contributed by atoms with Gasteiger partial charge in [-0.2, -0.15) is 0 Å². The van der Waals surface area contributed by atoms with Crippen molar-refractivity contribution in [1.82, 2.24) is 23.7 Å². The van der Waals surface area contributed by atoms with Crippen molar-refractivity contribution >= 4 is 27.1 Å². The highest BCUT2D eigenvalue weighted by Gasteiger charge is 2.31. The van der Waals surface area contributed by atoms with Gasteiger partial charge in [0.2, 0.25) is 0 Å². The monoisotopic (exact) mass is 621 g/mol. The molecule has 1 N–H and O–H groups in total. The largest absolute Gasteiger partial charge is 0.389 e. The Morgan fingerprint density at radius 2 is 1.69 bits per heavy atom. The Bertz CT molecular complexity index is 2100. The maximum absolute atomic E-state index is 14.0. The number of likely N-dealkylation sites (tertiary alicyclic amines) is 1. The van der Waals surface area contributed by atoms with Crippen molar-refractivity contribution in [3.05, 3.63) is 100 Å². The van der Waals surface area contributed by atoms with E-state index < -0.39 is 16.1 Å². The van der Waals surface area contributed by atoms with Gasteiger partial charge in [0, 0.05) is 49.1 Å². The van der Waals surface area contributed by atoms with E-state index in [1.165, 1.54) is 20.7 Å². The predicted octanol–water partition coefficient (Wildman–Crippen LogP) is 4.73. The fraction of sp³-hybridized carbons (Fsp3) is 0.286. The van der Waals surface area contributed by atoms with Gasteiger partial charge in [0.25, 0.3) is 15.9 Å². The number of hydrogen-bond acceptors (Lipinski definition) is 7. The minimum atomic E-state index is -3.99. The molecule has 9 nitrogen and oxygen atoms in total. The van der Waals surface area contributed by atoms with Gasteiger partial charge in [0.1, 0.15) is 5.52 Å². The second-order valence-electron chi connectivity index (χ2n) is 12.4. The fourth-order valence-electron chi connectivity index (χ4n) is 6.39. The normalized spacial score (nSPS) is 15.7. The zero-order chi connectivity index (χ0) is 31.6. The molecule has 7 rings (SSSR count). The van der Waals surface area contributed by atoms with E-state index >= 15 is 0 Å². The summed E-state index contributed by atoms with van der Waals surface area (Å²) in [5, 5.41) is 9.67. The highest BCUT2D eigenvalue weighted by atomic mass is 32.2. The van der Waals surface area contributed by atoms with Crippen molar-refractivity contribution in [2.75, 3.05) is 26.7 Å². The van der Waals surface area contributed by atoms with Crippen LogP contribution in [-0.4, -0.2) is 76.0 Å². The fourth-order valence-corrected chi connectivity index (χ4v) is 7.71. The first-order valence-corrected chi connectivity index (χ1v) is 16.5. The number of carbonyl (C=O) groups is 1. The molecule has 0 radical (unpaired) electrons. The Hall–Kier alpha value is -4.38. The molecule has 0 bridgehead atoms. The SMILES string of the molecule is Cc1ccc(S(=O)(=O)n2cc(-c3ccc(C(=O)N4CC(O)C4)c(C)c3)c3nc(-c4cc(C)c5c(c4)CN(C)CC5)cnc32)cc1. The van der Waals surface area contributed by atoms with Crippen LogP contribution >= 0.6 is 0 Å². The van der Waals surface area contributed by atoms with Gasteiger partial charge in [-0.3, -0.25) is 4.79 Å². The van der Waals surface area contributed by atoms with E-state index in [9.17, 15) is 18.3 Å². The number of benzene rings is 3. The van der Waals surface area contributed by atoms with Crippen LogP contribution in [-0.2, 0) is 23.0 Å². The predicted molar refractivity (Wildman–Crippen MR) is 174 cm³/mol. The lowest BCUT2D eigenvalue weighted by atomic mass is 9.92. The van der Waals surface area contributed by atoms with E-state index in [0.29, 0.717) is 35.4 Å². The van der Waals surface area contributed by atoms with Gasteiger partial charge < -0.3 is 14.9 Å². The van der Waals surface area contributed by atoms with Gasteiger partial charge in [0.05, 0.1) is 22.9 Å². The van der Waals surface area contributed by atoms with Crippen LogP contribution in [0.2, 0.25) is 0 Å². The van der Waals surface area contributed by atoms with Crippen LogP contribution in [0.3, 0.4) is 0 Å². The Balaban J connectivity index is 1.38. The summed E-state index contributed by atoms with van der Waals surface area (Å²) >= 11 is 0. The average molecular weight is 622 g/mol. The first-order valence-electron chi connectivity index (χ1n) is 15.1. The van der Waals surface area contributed by atoms with Gasteiger partial charge >= 0.3 is 0 Å². The van der Waals surface area contributed by atoms with Crippen LogP contribution < -0.4 is 0 Å². The molecule has 1 amide bonds. The summed E-state index contributed by atoms with van der Waals surface area (Å²) in [7, 11) is -1.87. The highest BCUT2D eigenvalue weighted by Crippen LogP contribution is 2.35. The number of nitrogens with zero attached hydrogens (tertiary/aromatic N) is 5. The number of fused-ring (bicyclic) bond motifs is 2. The third-order valence-corrected chi connectivity index (χ3v) is 10.7. The summed E-state index contributed by atoms with van der Waals surface area (Å²) in [6.45, 7) is 8.42. The average Bonchev–Trinajstić information content (AvgIpc) is 3.39. The first-order chi connectivity index (χ1) is 21.5. The standard InChI is InChI=1S/C35H35N5O4S/c1-21-5-8-28(9-6-21)45(43,44)40-20-31(24-7-10-30(23(3)13-24)35(42)39-18-27(41)19-39)33-34(40)36-16-32(37-33)25-14-22(2)29-11-12-38(4)17-26(29)15-25/h5-10,13-16,20,27,41H,11-12,17-19H2,1-4H3. The summed E-state index contributed by atoms with van der Waals surface area (Å²) in [6.07, 6.45) is 3.75. The van der Waals surface area contributed by atoms with Crippen LogP contribution in [0.4, 0.5) is 0 Å². The number of likely N-dealkylation sites (N-methyl/N-ethyl adjacent to an activating group) is 1. The van der Waals surface area contributed by atoms with Crippen molar-refractivity contribution in [2.24, 2.45) is 0 Å². The van der Waals surface area contributed by atoms with Crippen LogP contribution in [0.25, 0.3) is 33.5 Å². The Morgan fingerprint density at radius 3 is 2.40 bits per heavy atom. The minimum Gasteiger partial charge on any atom is -0.389 e. The summed E-state index contributed by atoms with van der Waals surface area (Å²) in [5.41, 5.74) is 9.72. The number of aromatic nitrogens is 3. The summed E-state index contributed by atoms with van der Waals surface area (Å²) in [6, 6.07) is 16.5. The molecule has 1 fully saturated rings. The maximum atomic E-state index is 14.0. The number of β-amino-alcohol motifs (C(OH)–C–C–N with tert-alkyl or cyclic N) is 1. The zero-order valence-corrected chi connectivity index (χ0v) is 26.6. The molecule has 3 aromatic carbocycles. The lowest BCUT2D eigenvalue weighted by molar-refractivity contribution is 0.00584. The smallest absolute Gasteiger partial charge is 0.269 e. The van der Waals surface area contributed by atoms with E-state index in [1.54, 1.807) is 47.6 Å². The van der Waals surface area contributed by atoms with Crippen LogP contribution in [0.15, 0.2) is 71.9 Å². The lowest BCUT2D eigenvalue weighted by Crippen LogP contribution is -2.53. The number of aryl methyl sites for hydroxylation is 3. The molecule has 1 saturated heterocycles. The maximum Gasteiger partial charge on any atom is 0.269 e. The molecular formula is C35H35N5O4S. The summed E-state index contributed by atoms with van der Waals surface area (Å²) in [5.74, 6) is -0.135. The summed E-state index contributed by atoms with van der Waals surface area (Å²) < 4.78 is 29.1. The lowest BCUT2D eigenvalue weighted by Gasteiger charge is -2.36. The van der Waals surface area contributed by atoms with Gasteiger partial charge in [-0.05, 0) is 92.4 Å². The van der Waals surface area contributed by atoms with Gasteiger partial charge in [0.15, 0.2) is 5.65 Å². The molecule has 10 heteroatoms. The Kier molecular flexibility index (Phi) is 7.11. The molecule has 0 spiro atoms. The van der Waals surface area contributed by atoms with Crippen molar-refractivity contribution in [3.8, 4) is 22.4 Å². The van der Waals surface area contributed by atoms with E-state index in [1.807, 2.05) is 26.0 Å². The molecule has 0 aliphatic carbocycles. The topological polar surface area (TPSA) is 109 Å². The number of aliphatic hydroxyl groups is 1. The van der Waals surface area contributed by atoms with Crippen LogP contribution in [0.5, 0.6) is 0 Å². The van der Waals surface area contributed by atoms with Gasteiger partial charge in [-0.15, -0.1) is 0 Å². The molecule has 45 heavy (non-hydrogen) atoms. The zero-order valence-electron chi connectivity index (χ0n) is 25.8. The third kappa shape index (κ3) is 5.12. The van der Waals surface area contributed by atoms with E-state index in [2.05, 4.69) is 31.0 Å². The minimum absolute atomic E-state index is 0.135. The van der Waals surface area contributed by atoms with Crippen LogP contribution in [0.1, 0.15) is 38.2 Å². The first kappa shape index (κ1) is 29.3. The second-order valence-corrected chi connectivity index (χ2v) is 14.2. The molecule has 5 aromatic rings. The Labute approximate surface area is 262 Å². The van der Waals surface area contributed by atoms with Gasteiger partial charge in [-0.1, -0.05) is 29.8 Å². The molecule has 0 atom stereocenters. The van der Waals surface area contributed by atoms with Gasteiger partial charge in [-0.25, -0.2) is 22.4 Å². The summed E-state index contributed by atoms with van der Waals surface area (Å²) in [4.78, 5) is 26.9. The quantitative estimate of drug-likeness (QED) is 0.302. The number of aliphatic hydroxyl groups excluding tert-OH is 1. The van der Waals surface area contributed by atoms with E-state index in [-0.39, 0.29) is 16.4 Å². The molecule has 4 heterocycles. The molecule has 2 aromatic heterocycles. The van der Waals surface area contributed by atoms with Crippen LogP contribution in [0, 0.1) is 20.8 Å². The molecule has 0 saturated carbocycles. The van der Waals surface area contributed by atoms with E-state index in [0.717, 1.165) is 41.8 Å². The van der Waals surface area contributed by atoms with Crippen molar-refractivity contribution in [2.45, 2.75) is 44.7 Å². The van der Waals surface area contributed by atoms with Crippen molar-refractivity contribution in [1.29, 1.82) is 0 Å². The molecule has 2 aliphatic heterocycles.